The molecule has 4 rings (SSSR count). The van der Waals surface area contributed by atoms with Crippen LogP contribution in [0.15, 0.2) is 77.4 Å². The molecule has 0 aliphatic rings. The molecule has 8 heteroatoms. The van der Waals surface area contributed by atoms with Crippen molar-refractivity contribution in [3.8, 4) is 22.9 Å². The lowest BCUT2D eigenvalue weighted by molar-refractivity contribution is -0.136. The van der Waals surface area contributed by atoms with Gasteiger partial charge in [0.25, 0.3) is 0 Å². The molecular weight excluding hydrogens is 425 g/mol. The van der Waals surface area contributed by atoms with Gasteiger partial charge < -0.3 is 18.8 Å². The van der Waals surface area contributed by atoms with Gasteiger partial charge in [-0.1, -0.05) is 30.3 Å². The van der Waals surface area contributed by atoms with Gasteiger partial charge >= 0.3 is 0 Å². The van der Waals surface area contributed by atoms with E-state index in [4.69, 9.17) is 13.9 Å². The molecule has 0 radical (unpaired) electrons. The molecule has 0 fully saturated rings. The van der Waals surface area contributed by atoms with Crippen LogP contribution < -0.4 is 4.74 Å². The Morgan fingerprint density at radius 3 is 2.48 bits per heavy atom. The van der Waals surface area contributed by atoms with Crippen LogP contribution in [0, 0.1) is 5.82 Å². The molecule has 33 heavy (non-hydrogen) atoms. The monoisotopic (exact) mass is 449 g/mol. The largest absolute Gasteiger partial charge is 0.467 e. The minimum atomic E-state index is -0.354. The Kier molecular flexibility index (Phi) is 6.85. The van der Waals surface area contributed by atoms with Crippen LogP contribution in [0.4, 0.5) is 4.39 Å². The molecule has 1 amide bonds. The van der Waals surface area contributed by atoms with E-state index >= 15 is 0 Å². The lowest BCUT2D eigenvalue weighted by atomic mass is 10.1. The predicted molar refractivity (Wildman–Crippen MR) is 120 cm³/mol. The number of halogens is 1. The van der Waals surface area contributed by atoms with Gasteiger partial charge in [0.15, 0.2) is 0 Å². The number of benzene rings is 2. The lowest BCUT2D eigenvalue weighted by Crippen LogP contribution is -2.33. The van der Waals surface area contributed by atoms with Crippen molar-refractivity contribution in [2.24, 2.45) is 7.05 Å². The number of furan rings is 1. The molecule has 0 spiro atoms. The van der Waals surface area contributed by atoms with E-state index < -0.39 is 0 Å². The molecule has 0 saturated carbocycles. The second-order valence-corrected chi connectivity index (χ2v) is 7.44. The molecule has 2 aromatic carbocycles. The number of aromatic nitrogens is 2. The fraction of sp³-hybridized carbons (Fsp3) is 0.200. The smallest absolute Gasteiger partial charge is 0.249 e. The first-order valence-electron chi connectivity index (χ1n) is 10.4. The molecule has 0 atom stereocenters. The van der Waals surface area contributed by atoms with Gasteiger partial charge in [-0.3, -0.25) is 4.79 Å². The van der Waals surface area contributed by atoms with Crippen LogP contribution in [-0.2, 0) is 29.7 Å². The van der Waals surface area contributed by atoms with Crippen LogP contribution in [0.1, 0.15) is 11.3 Å². The SMILES string of the molecule is COCC(=O)N(Cc1ccco1)Cc1c(-c2ccccc2)nn(C)c1Oc1ccc(F)cc1. The molecular formula is C25H24FN3O4. The summed E-state index contributed by atoms with van der Waals surface area (Å²) < 4.78 is 31.7. The summed E-state index contributed by atoms with van der Waals surface area (Å²) in [7, 11) is 3.24. The molecule has 0 aliphatic carbocycles. The highest BCUT2D eigenvalue weighted by Gasteiger charge is 2.25. The normalized spacial score (nSPS) is 10.9. The Bertz CT molecular complexity index is 1190. The summed E-state index contributed by atoms with van der Waals surface area (Å²) in [5.41, 5.74) is 2.28. The fourth-order valence-electron chi connectivity index (χ4n) is 3.49. The van der Waals surface area contributed by atoms with Crippen molar-refractivity contribution in [2.45, 2.75) is 13.1 Å². The number of aryl methyl sites for hydroxylation is 1. The van der Waals surface area contributed by atoms with Gasteiger partial charge in [0, 0.05) is 19.7 Å². The van der Waals surface area contributed by atoms with Gasteiger partial charge in [0.05, 0.1) is 24.9 Å². The molecule has 0 N–H and O–H groups in total. The zero-order valence-electron chi connectivity index (χ0n) is 18.4. The third kappa shape index (κ3) is 5.30. The van der Waals surface area contributed by atoms with Gasteiger partial charge in [0.2, 0.25) is 11.8 Å². The molecule has 170 valence electrons. The molecule has 2 heterocycles. The molecule has 0 saturated heterocycles. The number of carbonyl (C=O) groups is 1. The highest BCUT2D eigenvalue weighted by molar-refractivity contribution is 5.78. The Hall–Kier alpha value is -3.91. The standard InChI is InChI=1S/C25H24FN3O4/c1-28-25(33-20-12-10-19(26)11-13-20)22(24(27-28)18-7-4-3-5-8-18)16-29(23(30)17-31-2)15-21-9-6-14-32-21/h3-14H,15-17H2,1-2H3. The van der Waals surface area contributed by atoms with Gasteiger partial charge in [-0.25, -0.2) is 9.07 Å². The number of ether oxygens (including phenoxy) is 2. The number of carbonyl (C=O) groups excluding carboxylic acids is 1. The topological polar surface area (TPSA) is 69.7 Å². The van der Waals surface area contributed by atoms with Gasteiger partial charge in [-0.05, 0) is 36.4 Å². The number of hydrogen-bond donors (Lipinski definition) is 0. The summed E-state index contributed by atoms with van der Waals surface area (Å²) in [6, 6.07) is 19.0. The van der Waals surface area contributed by atoms with E-state index in [9.17, 15) is 9.18 Å². The first kappa shape index (κ1) is 22.3. The third-order valence-corrected chi connectivity index (χ3v) is 5.06. The van der Waals surface area contributed by atoms with Crippen molar-refractivity contribution in [3.05, 3.63) is 90.1 Å². The lowest BCUT2D eigenvalue weighted by Gasteiger charge is -2.22. The molecule has 0 bridgehead atoms. The van der Waals surface area contributed by atoms with Crippen LogP contribution in [0.25, 0.3) is 11.3 Å². The van der Waals surface area contributed by atoms with Crippen LogP contribution in [0.3, 0.4) is 0 Å². The Morgan fingerprint density at radius 2 is 1.82 bits per heavy atom. The maximum atomic E-state index is 13.4. The number of hydrogen-bond acceptors (Lipinski definition) is 5. The van der Waals surface area contributed by atoms with E-state index in [0.29, 0.717) is 28.6 Å². The number of nitrogens with zero attached hydrogens (tertiary/aromatic N) is 3. The Labute approximate surface area is 191 Å². The summed E-state index contributed by atoms with van der Waals surface area (Å²) in [5.74, 6) is 0.999. The quantitative estimate of drug-likeness (QED) is 0.368. The van der Waals surface area contributed by atoms with E-state index in [-0.39, 0.29) is 31.4 Å². The average Bonchev–Trinajstić information content (AvgIpc) is 3.44. The molecule has 2 aromatic heterocycles. The summed E-state index contributed by atoms with van der Waals surface area (Å²) in [6.07, 6.45) is 1.57. The van der Waals surface area contributed by atoms with Crippen LogP contribution in [0.2, 0.25) is 0 Å². The molecule has 0 aliphatic heterocycles. The highest BCUT2D eigenvalue weighted by Crippen LogP contribution is 2.34. The van der Waals surface area contributed by atoms with Crippen LogP contribution in [0.5, 0.6) is 11.6 Å². The van der Waals surface area contributed by atoms with E-state index in [1.165, 1.54) is 19.2 Å². The second kappa shape index (κ2) is 10.1. The third-order valence-electron chi connectivity index (χ3n) is 5.06. The Balaban J connectivity index is 1.75. The summed E-state index contributed by atoms with van der Waals surface area (Å²) in [5, 5.41) is 4.67. The molecule has 0 unspecified atom stereocenters. The van der Waals surface area contributed by atoms with E-state index in [1.807, 2.05) is 36.4 Å². The Morgan fingerprint density at radius 1 is 1.06 bits per heavy atom. The number of methoxy groups -OCH3 is 1. The van der Waals surface area contributed by atoms with Crippen molar-refractivity contribution in [1.29, 1.82) is 0 Å². The van der Waals surface area contributed by atoms with Crippen molar-refractivity contribution < 1.29 is 23.1 Å². The van der Waals surface area contributed by atoms with Gasteiger partial charge in [0.1, 0.15) is 29.6 Å². The van der Waals surface area contributed by atoms with Gasteiger partial charge in [-0.15, -0.1) is 0 Å². The zero-order chi connectivity index (χ0) is 23.2. The summed E-state index contributed by atoms with van der Waals surface area (Å²) in [6.45, 7) is 0.390. The molecule has 7 nitrogen and oxygen atoms in total. The van der Waals surface area contributed by atoms with Crippen LogP contribution >= 0.6 is 0 Å². The maximum absolute atomic E-state index is 13.4. The average molecular weight is 449 g/mol. The minimum Gasteiger partial charge on any atom is -0.467 e. The fourth-order valence-corrected chi connectivity index (χ4v) is 3.49. The van der Waals surface area contributed by atoms with Crippen molar-refractivity contribution >= 4 is 5.91 Å². The highest BCUT2D eigenvalue weighted by atomic mass is 19.1. The van der Waals surface area contributed by atoms with Crippen molar-refractivity contribution in [3.63, 3.8) is 0 Å². The van der Waals surface area contributed by atoms with Gasteiger partial charge in [-0.2, -0.15) is 5.10 Å². The zero-order valence-corrected chi connectivity index (χ0v) is 18.4. The second-order valence-electron chi connectivity index (χ2n) is 7.44. The van der Waals surface area contributed by atoms with Crippen molar-refractivity contribution in [2.75, 3.05) is 13.7 Å². The van der Waals surface area contributed by atoms with E-state index in [1.54, 1.807) is 41.1 Å². The van der Waals surface area contributed by atoms with E-state index in [2.05, 4.69) is 5.10 Å². The number of amides is 1. The predicted octanol–water partition coefficient (Wildman–Crippen LogP) is 4.79. The minimum absolute atomic E-state index is 0.0736. The van der Waals surface area contributed by atoms with E-state index in [0.717, 1.165) is 5.56 Å². The summed E-state index contributed by atoms with van der Waals surface area (Å²) in [4.78, 5) is 14.5. The molecule has 4 aromatic rings. The maximum Gasteiger partial charge on any atom is 0.249 e. The first-order chi connectivity index (χ1) is 16.0. The summed E-state index contributed by atoms with van der Waals surface area (Å²) >= 11 is 0. The first-order valence-corrected chi connectivity index (χ1v) is 10.4. The number of rotatable bonds is 9. The van der Waals surface area contributed by atoms with Crippen molar-refractivity contribution in [1.82, 2.24) is 14.7 Å². The van der Waals surface area contributed by atoms with Crippen LogP contribution in [-0.4, -0.2) is 34.3 Å².